The third-order valence-corrected chi connectivity index (χ3v) is 3.78. The number of esters is 1. The number of hydrogen-bond acceptors (Lipinski definition) is 4. The predicted octanol–water partition coefficient (Wildman–Crippen LogP) is 1.36. The second kappa shape index (κ2) is 4.45. The number of rotatable bonds is 2. The standard InChI is InChI=1S/C13H12F3NO4/c1-11(12(20,10(19)21-2)13(14,15)16)7-5-3-4-6-8(7)17-9(11)18/h3-6,20H,1-2H3,(H,17,18). The number of benzene rings is 1. The molecule has 1 amide bonds. The lowest BCUT2D eigenvalue weighted by molar-refractivity contribution is -0.278. The van der Waals surface area contributed by atoms with Crippen molar-refractivity contribution < 1.29 is 32.6 Å². The highest BCUT2D eigenvalue weighted by atomic mass is 19.4. The highest BCUT2D eigenvalue weighted by molar-refractivity contribution is 6.10. The summed E-state index contributed by atoms with van der Waals surface area (Å²) in [6.07, 6.45) is -5.40. The van der Waals surface area contributed by atoms with Gasteiger partial charge in [0.05, 0.1) is 7.11 Å². The number of fused-ring (bicyclic) bond motifs is 1. The van der Waals surface area contributed by atoms with Crippen molar-refractivity contribution in [3.63, 3.8) is 0 Å². The summed E-state index contributed by atoms with van der Waals surface area (Å²) in [6.45, 7) is 0.860. The van der Waals surface area contributed by atoms with Crippen LogP contribution in [0.4, 0.5) is 18.9 Å². The molecule has 2 unspecified atom stereocenters. The molecule has 1 aliphatic heterocycles. The van der Waals surface area contributed by atoms with Crippen molar-refractivity contribution >= 4 is 17.6 Å². The zero-order valence-corrected chi connectivity index (χ0v) is 11.1. The van der Waals surface area contributed by atoms with Gasteiger partial charge in [-0.1, -0.05) is 18.2 Å². The van der Waals surface area contributed by atoms with Crippen LogP contribution in [0.1, 0.15) is 12.5 Å². The fourth-order valence-corrected chi connectivity index (χ4v) is 2.51. The van der Waals surface area contributed by atoms with Crippen molar-refractivity contribution in [2.75, 3.05) is 12.4 Å². The van der Waals surface area contributed by atoms with E-state index in [0.29, 0.717) is 7.11 Å². The Balaban J connectivity index is 2.76. The summed E-state index contributed by atoms with van der Waals surface area (Å²) in [5.74, 6) is -3.07. The highest BCUT2D eigenvalue weighted by Crippen LogP contribution is 2.51. The molecule has 1 aliphatic rings. The van der Waals surface area contributed by atoms with Crippen LogP contribution in [0, 0.1) is 0 Å². The van der Waals surface area contributed by atoms with Crippen LogP contribution in [-0.2, 0) is 19.7 Å². The van der Waals surface area contributed by atoms with Gasteiger partial charge < -0.3 is 15.2 Å². The summed E-state index contributed by atoms with van der Waals surface area (Å²) >= 11 is 0. The smallest absolute Gasteiger partial charge is 0.429 e. The molecule has 5 nitrogen and oxygen atoms in total. The van der Waals surface area contributed by atoms with Gasteiger partial charge in [-0.3, -0.25) is 4.79 Å². The van der Waals surface area contributed by atoms with Crippen molar-refractivity contribution in [2.45, 2.75) is 24.1 Å². The van der Waals surface area contributed by atoms with Crippen LogP contribution in [0.25, 0.3) is 0 Å². The molecular formula is C13H12F3NO4. The molecule has 0 fully saturated rings. The van der Waals surface area contributed by atoms with Crippen molar-refractivity contribution in [2.24, 2.45) is 0 Å². The lowest BCUT2D eigenvalue weighted by Gasteiger charge is -2.39. The van der Waals surface area contributed by atoms with Crippen molar-refractivity contribution in [1.82, 2.24) is 0 Å². The molecule has 0 bridgehead atoms. The van der Waals surface area contributed by atoms with E-state index in [1.54, 1.807) is 0 Å². The minimum absolute atomic E-state index is 0.108. The minimum atomic E-state index is -5.40. The van der Waals surface area contributed by atoms with Gasteiger partial charge in [0.1, 0.15) is 5.41 Å². The molecule has 1 aromatic carbocycles. The quantitative estimate of drug-likeness (QED) is 0.809. The first-order valence-corrected chi connectivity index (χ1v) is 5.89. The number of carbonyl (C=O) groups is 2. The molecule has 0 saturated carbocycles. The third-order valence-electron chi connectivity index (χ3n) is 3.78. The van der Waals surface area contributed by atoms with Gasteiger partial charge in [0.2, 0.25) is 5.91 Å². The lowest BCUT2D eigenvalue weighted by Crippen LogP contribution is -2.67. The molecule has 2 atom stereocenters. The van der Waals surface area contributed by atoms with Gasteiger partial charge in [-0.15, -0.1) is 0 Å². The molecule has 2 N–H and O–H groups in total. The van der Waals surface area contributed by atoms with Gasteiger partial charge in [0.15, 0.2) is 0 Å². The fourth-order valence-electron chi connectivity index (χ4n) is 2.51. The first-order valence-electron chi connectivity index (χ1n) is 5.89. The Hall–Kier alpha value is -2.09. The largest absolute Gasteiger partial charge is 0.467 e. The van der Waals surface area contributed by atoms with Gasteiger partial charge in [0, 0.05) is 5.69 Å². The Morgan fingerprint density at radius 2 is 1.90 bits per heavy atom. The predicted molar refractivity (Wildman–Crippen MR) is 65.4 cm³/mol. The maximum absolute atomic E-state index is 13.4. The van der Waals surface area contributed by atoms with E-state index in [9.17, 15) is 27.9 Å². The number of carbonyl (C=O) groups excluding carboxylic acids is 2. The van der Waals surface area contributed by atoms with Crippen molar-refractivity contribution in [3.05, 3.63) is 29.8 Å². The zero-order valence-electron chi connectivity index (χ0n) is 11.1. The van der Waals surface area contributed by atoms with Gasteiger partial charge in [-0.25, -0.2) is 4.79 Å². The average Bonchev–Trinajstić information content (AvgIpc) is 2.69. The van der Waals surface area contributed by atoms with E-state index in [4.69, 9.17) is 0 Å². The number of para-hydroxylation sites is 1. The van der Waals surface area contributed by atoms with Crippen LogP contribution in [0.2, 0.25) is 0 Å². The van der Waals surface area contributed by atoms with Crippen LogP contribution < -0.4 is 5.32 Å². The molecular weight excluding hydrogens is 291 g/mol. The second-order valence-corrected chi connectivity index (χ2v) is 4.82. The third kappa shape index (κ3) is 1.75. The number of nitrogens with one attached hydrogen (secondary N) is 1. The van der Waals surface area contributed by atoms with Gasteiger partial charge in [-0.05, 0) is 18.6 Å². The second-order valence-electron chi connectivity index (χ2n) is 4.82. The van der Waals surface area contributed by atoms with Crippen LogP contribution in [0.15, 0.2) is 24.3 Å². The fraction of sp³-hybridized carbons (Fsp3) is 0.385. The first kappa shape index (κ1) is 15.3. The normalized spacial score (nSPS) is 24.0. The van der Waals surface area contributed by atoms with Gasteiger partial charge in [0.25, 0.3) is 5.60 Å². The highest BCUT2D eigenvalue weighted by Gasteiger charge is 2.75. The van der Waals surface area contributed by atoms with Crippen molar-refractivity contribution in [3.8, 4) is 0 Å². The van der Waals surface area contributed by atoms with E-state index in [1.807, 2.05) is 0 Å². The summed E-state index contributed by atoms with van der Waals surface area (Å²) in [7, 11) is 0.709. The Morgan fingerprint density at radius 3 is 2.43 bits per heavy atom. The summed E-state index contributed by atoms with van der Waals surface area (Å²) in [5.41, 5.74) is -6.56. The number of amides is 1. The zero-order chi connectivity index (χ0) is 16.1. The van der Waals surface area contributed by atoms with E-state index in [0.717, 1.165) is 6.92 Å². The molecule has 1 heterocycles. The maximum atomic E-state index is 13.4. The number of aliphatic hydroxyl groups is 1. The molecule has 21 heavy (non-hydrogen) atoms. The number of ether oxygens (including phenoxy) is 1. The van der Waals surface area contributed by atoms with E-state index in [2.05, 4.69) is 10.1 Å². The number of alkyl halides is 3. The number of halogens is 3. The summed E-state index contributed by atoms with van der Waals surface area (Å²) in [4.78, 5) is 23.7. The Labute approximate surface area is 117 Å². The molecule has 114 valence electrons. The topological polar surface area (TPSA) is 75.6 Å². The molecule has 0 aliphatic carbocycles. The minimum Gasteiger partial charge on any atom is -0.467 e. The number of hydrogen-bond donors (Lipinski definition) is 2. The van der Waals surface area contributed by atoms with E-state index < -0.39 is 29.1 Å². The monoisotopic (exact) mass is 303 g/mol. The van der Waals surface area contributed by atoms with Gasteiger partial charge >= 0.3 is 12.1 Å². The van der Waals surface area contributed by atoms with E-state index in [1.165, 1.54) is 24.3 Å². The van der Waals surface area contributed by atoms with Gasteiger partial charge in [-0.2, -0.15) is 13.2 Å². The molecule has 8 heteroatoms. The maximum Gasteiger partial charge on any atom is 0.429 e. The average molecular weight is 303 g/mol. The molecule has 0 spiro atoms. The van der Waals surface area contributed by atoms with E-state index >= 15 is 0 Å². The molecule has 0 aromatic heterocycles. The first-order chi connectivity index (χ1) is 9.60. The van der Waals surface area contributed by atoms with Crippen LogP contribution in [0.5, 0.6) is 0 Å². The lowest BCUT2D eigenvalue weighted by atomic mass is 9.68. The van der Waals surface area contributed by atoms with Crippen molar-refractivity contribution in [1.29, 1.82) is 0 Å². The Bertz CT molecular complexity index is 616. The molecule has 1 aromatic rings. The molecule has 0 radical (unpaired) electrons. The molecule has 2 rings (SSSR count). The van der Waals surface area contributed by atoms with E-state index in [-0.39, 0.29) is 11.3 Å². The SMILES string of the molecule is COC(=O)C(O)(C(F)(F)F)C1(C)C(=O)Nc2ccccc21. The summed E-state index contributed by atoms with van der Waals surface area (Å²) in [6, 6.07) is 5.54. The number of anilines is 1. The molecule has 0 saturated heterocycles. The number of methoxy groups -OCH3 is 1. The summed E-state index contributed by atoms with van der Waals surface area (Å²) < 4.78 is 44.2. The van der Waals surface area contributed by atoms with Crippen LogP contribution in [-0.4, -0.2) is 35.9 Å². The van der Waals surface area contributed by atoms with Crippen LogP contribution >= 0.6 is 0 Å². The Morgan fingerprint density at radius 1 is 1.33 bits per heavy atom. The Kier molecular flexibility index (Phi) is 3.25. The summed E-state index contributed by atoms with van der Waals surface area (Å²) in [5, 5.41) is 12.4. The van der Waals surface area contributed by atoms with Crippen LogP contribution in [0.3, 0.4) is 0 Å².